The van der Waals surface area contributed by atoms with Gasteiger partial charge >= 0.3 is 0 Å². The lowest BCUT2D eigenvalue weighted by atomic mass is 10.3. The maximum absolute atomic E-state index is 11.8. The van der Waals surface area contributed by atoms with E-state index in [4.69, 9.17) is 11.6 Å². The number of nitrogens with one attached hydrogen (secondary N) is 1. The molecule has 17 heavy (non-hydrogen) atoms. The zero-order chi connectivity index (χ0) is 12.3. The summed E-state index contributed by atoms with van der Waals surface area (Å²) in [5, 5.41) is 3.15. The van der Waals surface area contributed by atoms with Crippen molar-refractivity contribution in [2.75, 3.05) is 5.32 Å². The van der Waals surface area contributed by atoms with Crippen LogP contribution >= 0.6 is 27.5 Å². The third-order valence-electron chi connectivity index (χ3n) is 1.93. The van der Waals surface area contributed by atoms with Gasteiger partial charge in [-0.15, -0.1) is 0 Å². The normalized spacial score (nSPS) is 10.0. The Kier molecular flexibility index (Phi) is 3.71. The SMILES string of the molecule is O=C(Nc1cc(Cl)ccn1)c1cncc(Br)c1. The van der Waals surface area contributed by atoms with E-state index in [0.717, 1.165) is 4.47 Å². The van der Waals surface area contributed by atoms with Crippen molar-refractivity contribution in [1.82, 2.24) is 9.97 Å². The summed E-state index contributed by atoms with van der Waals surface area (Å²) >= 11 is 9.04. The van der Waals surface area contributed by atoms with Crippen LogP contribution in [-0.2, 0) is 0 Å². The van der Waals surface area contributed by atoms with Gasteiger partial charge in [0.15, 0.2) is 0 Å². The van der Waals surface area contributed by atoms with Crippen molar-refractivity contribution in [3.63, 3.8) is 0 Å². The van der Waals surface area contributed by atoms with Crippen molar-refractivity contribution >= 4 is 39.3 Å². The van der Waals surface area contributed by atoms with Crippen LogP contribution in [0.15, 0.2) is 41.3 Å². The average molecular weight is 313 g/mol. The topological polar surface area (TPSA) is 54.9 Å². The highest BCUT2D eigenvalue weighted by molar-refractivity contribution is 9.10. The molecule has 0 atom stereocenters. The number of carbonyl (C=O) groups is 1. The minimum Gasteiger partial charge on any atom is -0.306 e. The van der Waals surface area contributed by atoms with Crippen LogP contribution in [0.4, 0.5) is 5.82 Å². The zero-order valence-corrected chi connectivity index (χ0v) is 10.9. The molecule has 86 valence electrons. The molecule has 0 unspecified atom stereocenters. The van der Waals surface area contributed by atoms with Crippen LogP contribution < -0.4 is 5.32 Å². The number of hydrogen-bond acceptors (Lipinski definition) is 3. The Hall–Kier alpha value is -1.46. The fraction of sp³-hybridized carbons (Fsp3) is 0. The Balaban J connectivity index is 2.17. The number of rotatable bonds is 2. The van der Waals surface area contributed by atoms with E-state index >= 15 is 0 Å². The zero-order valence-electron chi connectivity index (χ0n) is 8.52. The predicted octanol–water partition coefficient (Wildman–Crippen LogP) is 3.14. The van der Waals surface area contributed by atoms with Gasteiger partial charge in [-0.2, -0.15) is 0 Å². The summed E-state index contributed by atoms with van der Waals surface area (Å²) in [6, 6.07) is 4.88. The van der Waals surface area contributed by atoms with E-state index in [2.05, 4.69) is 31.2 Å². The van der Waals surface area contributed by atoms with Gasteiger partial charge < -0.3 is 5.32 Å². The van der Waals surface area contributed by atoms with Crippen LogP contribution in [0.25, 0.3) is 0 Å². The molecule has 2 aromatic rings. The van der Waals surface area contributed by atoms with Crippen molar-refractivity contribution in [3.8, 4) is 0 Å². The quantitative estimate of drug-likeness (QED) is 0.927. The van der Waals surface area contributed by atoms with Crippen LogP contribution in [0.5, 0.6) is 0 Å². The van der Waals surface area contributed by atoms with Crippen molar-refractivity contribution < 1.29 is 4.79 Å². The lowest BCUT2D eigenvalue weighted by Gasteiger charge is -2.04. The number of anilines is 1. The third-order valence-corrected chi connectivity index (χ3v) is 2.60. The van der Waals surface area contributed by atoms with Crippen molar-refractivity contribution in [2.24, 2.45) is 0 Å². The molecule has 0 aromatic carbocycles. The second-order valence-electron chi connectivity index (χ2n) is 3.21. The number of aromatic nitrogens is 2. The van der Waals surface area contributed by atoms with Gasteiger partial charge in [0.1, 0.15) is 5.82 Å². The lowest BCUT2D eigenvalue weighted by Crippen LogP contribution is -2.13. The minimum atomic E-state index is -0.284. The molecule has 2 heterocycles. The third kappa shape index (κ3) is 3.25. The first-order valence-electron chi connectivity index (χ1n) is 4.68. The molecule has 4 nitrogen and oxygen atoms in total. The number of halogens is 2. The van der Waals surface area contributed by atoms with Gasteiger partial charge in [0.05, 0.1) is 5.56 Å². The summed E-state index contributed by atoms with van der Waals surface area (Å²) in [4.78, 5) is 19.7. The molecule has 1 amide bonds. The highest BCUT2D eigenvalue weighted by Crippen LogP contribution is 2.14. The maximum Gasteiger partial charge on any atom is 0.258 e. The van der Waals surface area contributed by atoms with E-state index in [1.165, 1.54) is 12.4 Å². The Morgan fingerprint density at radius 1 is 1.35 bits per heavy atom. The molecule has 2 rings (SSSR count). The average Bonchev–Trinajstić information content (AvgIpc) is 2.29. The van der Waals surface area contributed by atoms with Crippen LogP contribution in [0.2, 0.25) is 5.02 Å². The van der Waals surface area contributed by atoms with Gasteiger partial charge in [0, 0.05) is 28.1 Å². The molecule has 0 aliphatic carbocycles. The molecule has 2 aromatic heterocycles. The van der Waals surface area contributed by atoms with Gasteiger partial charge in [0.25, 0.3) is 5.91 Å². The van der Waals surface area contributed by atoms with Gasteiger partial charge in [-0.3, -0.25) is 9.78 Å². The van der Waals surface area contributed by atoms with Gasteiger partial charge in [0.2, 0.25) is 0 Å². The first kappa shape index (κ1) is 12.0. The second kappa shape index (κ2) is 5.25. The largest absolute Gasteiger partial charge is 0.306 e. The Labute approximate surface area is 111 Å². The van der Waals surface area contributed by atoms with E-state index in [1.54, 1.807) is 24.4 Å². The van der Waals surface area contributed by atoms with Crippen molar-refractivity contribution in [3.05, 3.63) is 51.8 Å². The molecule has 0 fully saturated rings. The molecule has 0 saturated carbocycles. The number of nitrogens with zero attached hydrogens (tertiary/aromatic N) is 2. The standard InChI is InChI=1S/C11H7BrClN3O/c12-8-3-7(5-14-6-8)11(17)16-10-4-9(13)1-2-15-10/h1-6H,(H,15,16,17). The van der Waals surface area contributed by atoms with Crippen molar-refractivity contribution in [2.45, 2.75) is 0 Å². The minimum absolute atomic E-state index is 0.284. The molecular formula is C11H7BrClN3O. The lowest BCUT2D eigenvalue weighted by molar-refractivity contribution is 0.102. The number of amides is 1. The molecule has 0 aliphatic rings. The van der Waals surface area contributed by atoms with Gasteiger partial charge in [-0.05, 0) is 34.1 Å². The molecular weight excluding hydrogens is 305 g/mol. The highest BCUT2D eigenvalue weighted by atomic mass is 79.9. The van der Waals surface area contributed by atoms with E-state index in [1.807, 2.05) is 0 Å². The first-order valence-corrected chi connectivity index (χ1v) is 5.86. The van der Waals surface area contributed by atoms with Gasteiger partial charge in [-0.25, -0.2) is 4.98 Å². The summed E-state index contributed by atoms with van der Waals surface area (Å²) in [5.74, 6) is 0.121. The summed E-state index contributed by atoms with van der Waals surface area (Å²) in [6.07, 6.45) is 4.61. The van der Waals surface area contributed by atoms with Crippen LogP contribution in [-0.4, -0.2) is 15.9 Å². The summed E-state index contributed by atoms with van der Waals surface area (Å²) in [5.41, 5.74) is 0.446. The van der Waals surface area contributed by atoms with E-state index in [9.17, 15) is 4.79 Å². The van der Waals surface area contributed by atoms with E-state index in [0.29, 0.717) is 16.4 Å². The maximum atomic E-state index is 11.8. The molecule has 0 spiro atoms. The number of hydrogen-bond donors (Lipinski definition) is 1. The Morgan fingerprint density at radius 3 is 2.88 bits per heavy atom. The van der Waals surface area contributed by atoms with E-state index in [-0.39, 0.29) is 5.91 Å². The molecule has 0 radical (unpaired) electrons. The number of carbonyl (C=O) groups excluding carboxylic acids is 1. The molecule has 0 aliphatic heterocycles. The molecule has 1 N–H and O–H groups in total. The smallest absolute Gasteiger partial charge is 0.258 e. The fourth-order valence-corrected chi connectivity index (χ4v) is 1.72. The van der Waals surface area contributed by atoms with Gasteiger partial charge in [-0.1, -0.05) is 11.6 Å². The molecule has 6 heteroatoms. The first-order chi connectivity index (χ1) is 8.15. The van der Waals surface area contributed by atoms with E-state index < -0.39 is 0 Å². The molecule has 0 saturated heterocycles. The Morgan fingerprint density at radius 2 is 2.18 bits per heavy atom. The van der Waals surface area contributed by atoms with Crippen molar-refractivity contribution in [1.29, 1.82) is 0 Å². The second-order valence-corrected chi connectivity index (χ2v) is 4.56. The monoisotopic (exact) mass is 311 g/mol. The Bertz CT molecular complexity index is 562. The predicted molar refractivity (Wildman–Crippen MR) is 69.1 cm³/mol. The summed E-state index contributed by atoms with van der Waals surface area (Å²) < 4.78 is 0.740. The fourth-order valence-electron chi connectivity index (χ4n) is 1.20. The summed E-state index contributed by atoms with van der Waals surface area (Å²) in [7, 11) is 0. The van der Waals surface area contributed by atoms with Crippen LogP contribution in [0, 0.1) is 0 Å². The molecule has 0 bridgehead atoms. The highest BCUT2D eigenvalue weighted by Gasteiger charge is 2.07. The van der Waals surface area contributed by atoms with Crippen LogP contribution in [0.3, 0.4) is 0 Å². The van der Waals surface area contributed by atoms with Crippen LogP contribution in [0.1, 0.15) is 10.4 Å². The number of pyridine rings is 2. The summed E-state index contributed by atoms with van der Waals surface area (Å²) in [6.45, 7) is 0.